The molecule has 0 N–H and O–H groups in total. The fourth-order valence-electron chi connectivity index (χ4n) is 16.0. The minimum atomic E-state index is -3.13. The molecule has 6 fully saturated rings. The van der Waals surface area contributed by atoms with Gasteiger partial charge in [-0.25, -0.2) is 35.4 Å². The zero-order valence-electron chi connectivity index (χ0n) is 37.8. The lowest BCUT2D eigenvalue weighted by molar-refractivity contribution is -0.0801. The molecule has 2 unspecified atom stereocenters. The van der Waals surface area contributed by atoms with Crippen LogP contribution in [-0.4, -0.2) is 83.2 Å². The van der Waals surface area contributed by atoms with Gasteiger partial charge in [0.1, 0.15) is 0 Å². The average Bonchev–Trinajstić information content (AvgIpc) is 3.98. The standard InChI is InChI=1S/2C24H34N4O2S/c1-23-11-5-13-27(31(4,29)30)15-17(23)6-7-18-19-8-9-21(24(19,2)12-10-20(18)23)28-16-26-14-22(28)25-3;1-23-12-14-27(31(4,29)30)13-10-17(23)5-6-18-19-7-8-21(24(19,2)11-9-20(18)23)28-16-26-15-22(28)25-3/h9,14,16-20H,5-8,10-13,15H2,1-2,4H3;8,15-20H,5-7,9-14H2,1-2,4H3/t2*17?,18-,19-,20-,23-,24-/m00/s1. The summed E-state index contributed by atoms with van der Waals surface area (Å²) in [5, 5.41) is 0. The van der Waals surface area contributed by atoms with Crippen LogP contribution in [0.15, 0.2) is 37.2 Å². The Hall–Kier alpha value is -3.30. The van der Waals surface area contributed by atoms with E-state index in [-0.39, 0.29) is 21.7 Å². The average molecular weight is 885 g/mol. The summed E-state index contributed by atoms with van der Waals surface area (Å²) >= 11 is 0. The topological polar surface area (TPSA) is 119 Å². The van der Waals surface area contributed by atoms with E-state index in [0.29, 0.717) is 85.2 Å². The van der Waals surface area contributed by atoms with Crippen molar-refractivity contribution in [2.24, 2.45) is 69.0 Å². The smallest absolute Gasteiger partial charge is 0.254 e. The molecule has 2 aromatic rings. The van der Waals surface area contributed by atoms with Gasteiger partial charge in [-0.3, -0.25) is 9.13 Å². The Labute approximate surface area is 371 Å². The van der Waals surface area contributed by atoms with Gasteiger partial charge in [0.2, 0.25) is 20.0 Å². The third-order valence-electron chi connectivity index (χ3n) is 19.3. The minimum Gasteiger partial charge on any atom is -0.362 e. The molecule has 336 valence electrons. The van der Waals surface area contributed by atoms with Gasteiger partial charge < -0.3 is 9.69 Å². The van der Waals surface area contributed by atoms with E-state index in [1.165, 1.54) is 56.0 Å². The van der Waals surface area contributed by atoms with Crippen molar-refractivity contribution in [2.45, 2.75) is 118 Å². The zero-order chi connectivity index (χ0) is 44.0. The molecule has 6 aliphatic carbocycles. The summed E-state index contributed by atoms with van der Waals surface area (Å²) in [5.74, 6) is 6.21. The van der Waals surface area contributed by atoms with Crippen molar-refractivity contribution in [1.29, 1.82) is 0 Å². The lowest BCUT2D eigenvalue weighted by Gasteiger charge is -2.58. The van der Waals surface area contributed by atoms with Crippen molar-refractivity contribution in [1.82, 2.24) is 27.7 Å². The molecular weight excluding hydrogens is 817 g/mol. The van der Waals surface area contributed by atoms with E-state index in [2.05, 4.69) is 59.5 Å². The first-order valence-electron chi connectivity index (χ1n) is 23.5. The van der Waals surface area contributed by atoms with E-state index in [9.17, 15) is 16.8 Å². The second-order valence-electron chi connectivity index (χ2n) is 21.8. The van der Waals surface area contributed by atoms with Crippen molar-refractivity contribution in [3.63, 3.8) is 0 Å². The Morgan fingerprint density at radius 2 is 1.10 bits per heavy atom. The highest BCUT2D eigenvalue weighted by Crippen LogP contribution is 2.68. The first kappa shape index (κ1) is 43.9. The molecule has 12 nitrogen and oxygen atoms in total. The predicted molar refractivity (Wildman–Crippen MR) is 243 cm³/mol. The van der Waals surface area contributed by atoms with Crippen molar-refractivity contribution in [3.05, 3.63) is 60.0 Å². The fraction of sp³-hybridized carbons (Fsp3) is 0.750. The molecule has 2 saturated heterocycles. The van der Waals surface area contributed by atoms with Crippen LogP contribution in [-0.2, 0) is 20.0 Å². The van der Waals surface area contributed by atoms with Gasteiger partial charge in [0.25, 0.3) is 11.6 Å². The second kappa shape index (κ2) is 15.7. The summed E-state index contributed by atoms with van der Waals surface area (Å²) in [6.07, 6.45) is 30.1. The molecule has 4 heterocycles. The van der Waals surface area contributed by atoms with Crippen LogP contribution >= 0.6 is 0 Å². The van der Waals surface area contributed by atoms with E-state index >= 15 is 0 Å². The highest BCUT2D eigenvalue weighted by atomic mass is 32.2. The van der Waals surface area contributed by atoms with Crippen molar-refractivity contribution in [2.75, 3.05) is 38.7 Å². The Kier molecular flexibility index (Phi) is 11.1. The Morgan fingerprint density at radius 1 is 0.597 bits per heavy atom. The van der Waals surface area contributed by atoms with Gasteiger partial charge in [-0.2, -0.15) is 0 Å². The number of allylic oxidation sites excluding steroid dienone is 4. The number of fused-ring (bicyclic) bond motifs is 10. The summed E-state index contributed by atoms with van der Waals surface area (Å²) in [5.41, 5.74) is 3.18. The minimum absolute atomic E-state index is 0.0913. The molecule has 2 aromatic heterocycles. The molecule has 0 radical (unpaired) electrons. The van der Waals surface area contributed by atoms with Crippen LogP contribution < -0.4 is 0 Å². The second-order valence-corrected chi connectivity index (χ2v) is 25.7. The molecular formula is C48H68N8O4S2. The van der Waals surface area contributed by atoms with Gasteiger partial charge in [0.05, 0.1) is 36.3 Å². The Balaban J connectivity index is 0.000000158. The normalized spacial score (nSPS) is 40.8. The quantitative estimate of drug-likeness (QED) is 0.282. The lowest BCUT2D eigenvalue weighted by atomic mass is 9.46. The van der Waals surface area contributed by atoms with Crippen molar-refractivity contribution in [3.8, 4) is 0 Å². The van der Waals surface area contributed by atoms with Crippen LogP contribution in [0.5, 0.6) is 0 Å². The maximum atomic E-state index is 12.3. The molecule has 0 spiro atoms. The maximum Gasteiger partial charge on any atom is 0.254 e. The van der Waals surface area contributed by atoms with Gasteiger partial charge in [0.15, 0.2) is 12.7 Å². The summed E-state index contributed by atoms with van der Waals surface area (Å²) in [4.78, 5) is 15.9. The fourth-order valence-corrected chi connectivity index (χ4v) is 17.7. The molecule has 12 atom stereocenters. The van der Waals surface area contributed by atoms with Crippen LogP contribution in [0.1, 0.15) is 118 Å². The highest BCUT2D eigenvalue weighted by Gasteiger charge is 2.61. The van der Waals surface area contributed by atoms with E-state index in [1.807, 2.05) is 21.8 Å². The number of nitrogens with zero attached hydrogens (tertiary/aromatic N) is 8. The van der Waals surface area contributed by atoms with E-state index in [0.717, 1.165) is 57.8 Å². The highest BCUT2D eigenvalue weighted by molar-refractivity contribution is 7.88. The summed E-state index contributed by atoms with van der Waals surface area (Å²) < 4.78 is 56.5. The first-order chi connectivity index (χ1) is 29.4. The molecule has 0 aromatic carbocycles. The lowest BCUT2D eigenvalue weighted by Crippen LogP contribution is -2.52. The van der Waals surface area contributed by atoms with E-state index < -0.39 is 20.0 Å². The molecule has 10 rings (SSSR count). The molecule has 62 heavy (non-hydrogen) atoms. The van der Waals surface area contributed by atoms with Crippen LogP contribution in [0.4, 0.5) is 11.6 Å². The predicted octanol–water partition coefficient (Wildman–Crippen LogP) is 9.60. The number of imidazole rings is 2. The molecule has 14 heteroatoms. The zero-order valence-corrected chi connectivity index (χ0v) is 39.5. The van der Waals surface area contributed by atoms with Crippen molar-refractivity contribution < 1.29 is 16.8 Å². The third-order valence-corrected chi connectivity index (χ3v) is 21.9. The Morgan fingerprint density at radius 3 is 1.60 bits per heavy atom. The summed E-state index contributed by atoms with van der Waals surface area (Å²) in [6, 6.07) is 0. The summed E-state index contributed by atoms with van der Waals surface area (Å²) in [6.45, 7) is 27.5. The number of rotatable bonds is 4. The van der Waals surface area contributed by atoms with E-state index in [1.54, 1.807) is 21.0 Å². The summed E-state index contributed by atoms with van der Waals surface area (Å²) in [7, 11) is -6.25. The number of aromatic nitrogens is 4. The number of hydrogen-bond donors (Lipinski definition) is 0. The van der Waals surface area contributed by atoms with Crippen molar-refractivity contribution >= 4 is 43.1 Å². The van der Waals surface area contributed by atoms with Gasteiger partial charge in [-0.15, -0.1) is 0 Å². The van der Waals surface area contributed by atoms with Gasteiger partial charge in [-0.05, 0) is 160 Å². The first-order valence-corrected chi connectivity index (χ1v) is 27.2. The van der Waals surface area contributed by atoms with E-state index in [4.69, 9.17) is 13.1 Å². The molecule has 0 amide bonds. The largest absolute Gasteiger partial charge is 0.362 e. The molecule has 0 bridgehead atoms. The third kappa shape index (κ3) is 6.98. The molecule has 2 aliphatic heterocycles. The number of hydrogen-bond acceptors (Lipinski definition) is 6. The Bertz CT molecular complexity index is 2340. The maximum absolute atomic E-state index is 12.3. The van der Waals surface area contributed by atoms with Crippen LogP contribution in [0.3, 0.4) is 0 Å². The van der Waals surface area contributed by atoms with Crippen LogP contribution in [0, 0.1) is 82.1 Å². The molecule has 4 saturated carbocycles. The monoisotopic (exact) mass is 884 g/mol. The molecule has 8 aliphatic rings. The van der Waals surface area contributed by atoms with Gasteiger partial charge >= 0.3 is 0 Å². The van der Waals surface area contributed by atoms with Gasteiger partial charge in [-0.1, -0.05) is 40.8 Å². The van der Waals surface area contributed by atoms with Gasteiger partial charge in [0, 0.05) is 37.0 Å². The van der Waals surface area contributed by atoms with Crippen LogP contribution in [0.25, 0.3) is 21.1 Å². The SMILES string of the molecule is [C-]#[N+]c1cncn1C1=CC[C@H]2[C@@H]3CCC4CCN(S(C)(=O)=O)CC[C@]4(C)[C@H]3CC[C@]12C.[C-]#[N+]c1cncn1C1=CC[C@H]2[C@@H]3CCC4CN(S(C)(=O)=O)CCC[C@]4(C)[C@H]3CC[C@]12C. The number of sulfonamides is 2. The van der Waals surface area contributed by atoms with Crippen LogP contribution in [0.2, 0.25) is 0 Å².